The van der Waals surface area contributed by atoms with Crippen LogP contribution in [0.15, 0.2) is 76.2 Å². The molecular weight excluding hydrogens is 328 g/mol. The number of hydrogen-bond donors (Lipinski definition) is 2. The second-order valence-corrected chi connectivity index (χ2v) is 7.04. The summed E-state index contributed by atoms with van der Waals surface area (Å²) in [5.74, 6) is 0.979. The molecule has 5 nitrogen and oxygen atoms in total. The van der Waals surface area contributed by atoms with Gasteiger partial charge >= 0.3 is 0 Å². The summed E-state index contributed by atoms with van der Waals surface area (Å²) in [7, 11) is 0. The fraction of sp³-hybridized carbons (Fsp3) is 0.143. The van der Waals surface area contributed by atoms with Gasteiger partial charge in [0.1, 0.15) is 22.5 Å². The Morgan fingerprint density at radius 1 is 1.08 bits per heavy atom. The second kappa shape index (κ2) is 4.31. The summed E-state index contributed by atoms with van der Waals surface area (Å²) >= 11 is 0. The first-order chi connectivity index (χ1) is 12.6. The fourth-order valence-electron chi connectivity index (χ4n) is 4.61. The van der Waals surface area contributed by atoms with E-state index < -0.39 is 11.0 Å². The zero-order valence-corrected chi connectivity index (χ0v) is 13.7. The summed E-state index contributed by atoms with van der Waals surface area (Å²) in [6.45, 7) is 0. The Labute approximate surface area is 148 Å². The van der Waals surface area contributed by atoms with Crippen LogP contribution in [0.4, 0.5) is 0 Å². The minimum absolute atomic E-state index is 0.0506. The van der Waals surface area contributed by atoms with Crippen LogP contribution >= 0.6 is 0 Å². The molecule has 0 fully saturated rings. The first kappa shape index (κ1) is 14.0. The Morgan fingerprint density at radius 2 is 1.96 bits per heavy atom. The van der Waals surface area contributed by atoms with Gasteiger partial charge in [0.25, 0.3) is 0 Å². The van der Waals surface area contributed by atoms with Gasteiger partial charge in [-0.15, -0.1) is 0 Å². The molecule has 0 amide bonds. The summed E-state index contributed by atoms with van der Waals surface area (Å²) in [6, 6.07) is 13.1. The first-order valence-corrected chi connectivity index (χ1v) is 8.51. The van der Waals surface area contributed by atoms with E-state index in [2.05, 4.69) is 4.99 Å². The molecule has 2 aromatic carbocycles. The summed E-state index contributed by atoms with van der Waals surface area (Å²) < 4.78 is 6.15. The number of aliphatic hydroxyl groups is 1. The van der Waals surface area contributed by atoms with Crippen LogP contribution in [0.2, 0.25) is 0 Å². The highest BCUT2D eigenvalue weighted by atomic mass is 16.5. The number of para-hydroxylation sites is 2. The Kier molecular flexibility index (Phi) is 2.33. The highest BCUT2D eigenvalue weighted by Crippen LogP contribution is 2.61. The number of rotatable bonds is 0. The van der Waals surface area contributed by atoms with Gasteiger partial charge in [-0.25, -0.2) is 4.99 Å². The third kappa shape index (κ3) is 1.39. The smallest absolute Gasteiger partial charge is 0.173 e. The van der Waals surface area contributed by atoms with E-state index in [1.54, 1.807) is 24.5 Å². The molecule has 5 heteroatoms. The Morgan fingerprint density at radius 3 is 2.88 bits per heavy atom. The van der Waals surface area contributed by atoms with Crippen LogP contribution < -0.4 is 15.3 Å². The van der Waals surface area contributed by atoms with Crippen LogP contribution in [-0.2, 0) is 5.41 Å². The van der Waals surface area contributed by atoms with E-state index in [-0.39, 0.29) is 5.75 Å². The minimum Gasteiger partial charge on any atom is -0.504 e. The SMILES string of the molecule is Oc1cccc2c1OC1=C3N=c4ccccc4=C3C[C@]3(O)C=NC=CC123. The van der Waals surface area contributed by atoms with Crippen molar-refractivity contribution < 1.29 is 14.9 Å². The third-order valence-electron chi connectivity index (χ3n) is 5.77. The number of nitrogens with zero attached hydrogens (tertiary/aromatic N) is 2. The number of aromatic hydroxyl groups is 1. The van der Waals surface area contributed by atoms with Crippen molar-refractivity contribution >= 4 is 11.8 Å². The molecule has 1 unspecified atom stereocenters. The van der Waals surface area contributed by atoms with Crippen molar-refractivity contribution in [2.75, 3.05) is 0 Å². The Balaban J connectivity index is 1.79. The van der Waals surface area contributed by atoms with Gasteiger partial charge in [0.15, 0.2) is 11.5 Å². The van der Waals surface area contributed by atoms with Crippen LogP contribution in [0.5, 0.6) is 11.5 Å². The van der Waals surface area contributed by atoms with Crippen LogP contribution in [0.3, 0.4) is 0 Å². The number of ether oxygens (including phenoxy) is 1. The summed E-state index contributed by atoms with van der Waals surface area (Å²) in [4.78, 5) is 9.01. The molecule has 2 aromatic rings. The second-order valence-electron chi connectivity index (χ2n) is 7.04. The number of hydrogen-bond acceptors (Lipinski definition) is 5. The van der Waals surface area contributed by atoms with Crippen molar-refractivity contribution in [2.24, 2.45) is 9.98 Å². The van der Waals surface area contributed by atoms with Crippen molar-refractivity contribution in [3.63, 3.8) is 0 Å². The minimum atomic E-state index is -1.29. The molecule has 2 N–H and O–H groups in total. The zero-order chi connectivity index (χ0) is 17.5. The lowest BCUT2D eigenvalue weighted by molar-refractivity contribution is 0.0580. The predicted octanol–water partition coefficient (Wildman–Crippen LogP) is 1.45. The molecule has 0 saturated carbocycles. The molecule has 4 aliphatic rings. The van der Waals surface area contributed by atoms with E-state index in [1.165, 1.54) is 0 Å². The van der Waals surface area contributed by atoms with Crippen LogP contribution in [0.25, 0.3) is 5.57 Å². The highest BCUT2D eigenvalue weighted by molar-refractivity contribution is 5.88. The van der Waals surface area contributed by atoms with Crippen LogP contribution in [0, 0.1) is 0 Å². The zero-order valence-electron chi connectivity index (χ0n) is 13.7. The van der Waals surface area contributed by atoms with Crippen molar-refractivity contribution in [3.05, 3.63) is 82.3 Å². The van der Waals surface area contributed by atoms with Crippen molar-refractivity contribution in [1.82, 2.24) is 0 Å². The topological polar surface area (TPSA) is 74.4 Å². The number of allylic oxidation sites excluding steroid dienone is 1. The molecule has 6 rings (SSSR count). The van der Waals surface area contributed by atoms with E-state index in [1.807, 2.05) is 36.4 Å². The van der Waals surface area contributed by atoms with Gasteiger partial charge in [-0.05, 0) is 23.8 Å². The quantitative estimate of drug-likeness (QED) is 0.761. The van der Waals surface area contributed by atoms with Crippen molar-refractivity contribution in [2.45, 2.75) is 17.4 Å². The van der Waals surface area contributed by atoms with Crippen LogP contribution in [0.1, 0.15) is 12.0 Å². The van der Waals surface area contributed by atoms with Gasteiger partial charge in [-0.3, -0.25) is 4.99 Å². The Bertz CT molecular complexity index is 1220. The van der Waals surface area contributed by atoms with Gasteiger partial charge in [-0.2, -0.15) is 0 Å². The average molecular weight is 342 g/mol. The monoisotopic (exact) mass is 342 g/mol. The molecule has 0 saturated heterocycles. The predicted molar refractivity (Wildman–Crippen MR) is 95.3 cm³/mol. The van der Waals surface area contributed by atoms with Crippen molar-refractivity contribution in [3.8, 4) is 11.5 Å². The molecule has 1 aliphatic carbocycles. The summed E-state index contributed by atoms with van der Waals surface area (Å²) in [5.41, 5.74) is 0.194. The van der Waals surface area contributed by atoms with Crippen molar-refractivity contribution in [1.29, 1.82) is 0 Å². The fourth-order valence-corrected chi connectivity index (χ4v) is 4.61. The normalized spacial score (nSPS) is 29.3. The van der Waals surface area contributed by atoms with E-state index in [9.17, 15) is 10.2 Å². The number of phenols is 1. The maximum atomic E-state index is 11.7. The number of fused-ring (bicyclic) bond motifs is 3. The molecule has 26 heavy (non-hydrogen) atoms. The molecule has 3 aliphatic heterocycles. The number of benzene rings is 2. The maximum Gasteiger partial charge on any atom is 0.173 e. The van der Waals surface area contributed by atoms with E-state index in [4.69, 9.17) is 9.73 Å². The summed E-state index contributed by atoms with van der Waals surface area (Å²) in [5, 5.41) is 23.9. The highest BCUT2D eigenvalue weighted by Gasteiger charge is 2.63. The van der Waals surface area contributed by atoms with Gasteiger partial charge in [0.2, 0.25) is 0 Å². The lowest BCUT2D eigenvalue weighted by atomic mass is 9.60. The Hall–Kier alpha value is -3.18. The molecular formula is C21H14N2O3. The van der Waals surface area contributed by atoms with E-state index in [0.717, 1.165) is 27.4 Å². The maximum absolute atomic E-state index is 11.7. The van der Waals surface area contributed by atoms with Gasteiger partial charge in [-0.1, -0.05) is 30.3 Å². The van der Waals surface area contributed by atoms with Crippen LogP contribution in [-0.4, -0.2) is 22.0 Å². The van der Waals surface area contributed by atoms with E-state index in [0.29, 0.717) is 17.9 Å². The largest absolute Gasteiger partial charge is 0.504 e. The lowest BCUT2D eigenvalue weighted by Crippen LogP contribution is -2.55. The van der Waals surface area contributed by atoms with Gasteiger partial charge in [0, 0.05) is 29.6 Å². The molecule has 3 heterocycles. The molecule has 126 valence electrons. The number of phenolic OH excluding ortho intramolecular Hbond substituents is 1. The number of aliphatic imine (C=N–C) groups is 1. The molecule has 1 spiro atoms. The standard InChI is InChI=1S/C21H14N2O3/c24-16-7-3-5-14-18(16)26-19-17-13(12-4-1-2-6-15(12)23-17)10-20(25)11-22-9-8-21(14,19)20/h1-9,11,24-25H,10H2/t20-,21?/m0/s1. The van der Waals surface area contributed by atoms with Gasteiger partial charge < -0.3 is 14.9 Å². The molecule has 0 radical (unpaired) electrons. The molecule has 0 aromatic heterocycles. The molecule has 0 bridgehead atoms. The first-order valence-electron chi connectivity index (χ1n) is 8.51. The third-order valence-corrected chi connectivity index (χ3v) is 5.77. The summed E-state index contributed by atoms with van der Waals surface area (Å²) in [6.07, 6.45) is 5.49. The van der Waals surface area contributed by atoms with E-state index >= 15 is 0 Å². The average Bonchev–Trinajstić information content (AvgIpc) is 3.17. The lowest BCUT2D eigenvalue weighted by Gasteiger charge is -2.45. The van der Waals surface area contributed by atoms with Gasteiger partial charge in [0.05, 0.1) is 5.36 Å². The molecule has 2 atom stereocenters.